The van der Waals surface area contributed by atoms with Gasteiger partial charge in [-0.15, -0.1) is 13.2 Å². The van der Waals surface area contributed by atoms with Gasteiger partial charge in [-0.25, -0.2) is 9.78 Å². The number of thiazole rings is 1. The maximum atomic E-state index is 13.1. The van der Waals surface area contributed by atoms with Crippen molar-refractivity contribution in [3.63, 3.8) is 0 Å². The molecular formula is C30H28F3N3O5S. The van der Waals surface area contributed by atoms with E-state index >= 15 is 0 Å². The predicted octanol–water partition coefficient (Wildman–Crippen LogP) is 7.39. The summed E-state index contributed by atoms with van der Waals surface area (Å²) in [4.78, 5) is 18.6. The zero-order valence-corrected chi connectivity index (χ0v) is 23.5. The number of carbonyl (C=O) groups is 1. The molecule has 4 aromatic rings. The van der Waals surface area contributed by atoms with Gasteiger partial charge < -0.3 is 24.0 Å². The number of aromatic nitrogens is 2. The molecule has 2 aromatic heterocycles. The number of benzene rings is 2. The van der Waals surface area contributed by atoms with Crippen LogP contribution in [0.25, 0.3) is 21.5 Å². The maximum Gasteiger partial charge on any atom is 0.573 e. The van der Waals surface area contributed by atoms with E-state index < -0.39 is 12.3 Å². The number of piperidine rings is 1. The summed E-state index contributed by atoms with van der Waals surface area (Å²) in [5, 5.41) is 14.5. The van der Waals surface area contributed by atoms with Gasteiger partial charge in [0.1, 0.15) is 17.2 Å². The van der Waals surface area contributed by atoms with Crippen molar-refractivity contribution in [2.24, 2.45) is 5.92 Å². The minimum absolute atomic E-state index is 0.0503. The first-order chi connectivity index (χ1) is 20.1. The Kier molecular flexibility index (Phi) is 6.65. The molecule has 7 rings (SSSR count). The fraction of sp³-hybridized carbons (Fsp3) is 0.433. The summed E-state index contributed by atoms with van der Waals surface area (Å²) in [5.41, 5.74) is 2.24. The Labute approximate surface area is 243 Å². The molecule has 220 valence electrons. The van der Waals surface area contributed by atoms with E-state index in [1.54, 1.807) is 30.3 Å². The van der Waals surface area contributed by atoms with Gasteiger partial charge in [-0.2, -0.15) is 0 Å². The second-order valence-electron chi connectivity index (χ2n) is 11.4. The molecule has 42 heavy (non-hydrogen) atoms. The van der Waals surface area contributed by atoms with Gasteiger partial charge in [0.15, 0.2) is 5.13 Å². The van der Waals surface area contributed by atoms with E-state index in [1.807, 2.05) is 0 Å². The molecule has 2 bridgehead atoms. The standard InChI is InChI=1S/C30H28F3N3O5S/c1-15-10-18-12-19(13-23(15)36(18)29-34-22-9-8-17(28(37)38)11-25(22)42-29)39-14-21-26(35-41-27(21)16-6-7-16)20-4-2-3-5-24(20)40-30(31,32)33/h2-5,8-9,11,15-16,18-19,23H,6-7,10,12-14H2,1H3,(H,37,38)/t15-,18?,19+,23?/m1/s1. The van der Waals surface area contributed by atoms with E-state index in [4.69, 9.17) is 14.2 Å². The third-order valence-corrected chi connectivity index (χ3v) is 9.57. The van der Waals surface area contributed by atoms with E-state index in [0.29, 0.717) is 22.9 Å². The quantitative estimate of drug-likeness (QED) is 0.224. The van der Waals surface area contributed by atoms with Gasteiger partial charge in [-0.1, -0.05) is 35.5 Å². The van der Waals surface area contributed by atoms with Crippen LogP contribution >= 0.6 is 11.3 Å². The number of halogens is 3. The lowest BCUT2D eigenvalue weighted by Crippen LogP contribution is -2.46. The number of alkyl halides is 3. The lowest BCUT2D eigenvalue weighted by molar-refractivity contribution is -0.274. The highest BCUT2D eigenvalue weighted by atomic mass is 32.1. The highest BCUT2D eigenvalue weighted by Crippen LogP contribution is 2.48. The van der Waals surface area contributed by atoms with E-state index in [1.165, 1.54) is 23.5 Å². The molecule has 2 saturated heterocycles. The summed E-state index contributed by atoms with van der Waals surface area (Å²) < 4.78 is 56.7. The van der Waals surface area contributed by atoms with Crippen molar-refractivity contribution in [2.75, 3.05) is 4.90 Å². The number of fused-ring (bicyclic) bond motifs is 3. The Balaban J connectivity index is 1.11. The summed E-state index contributed by atoms with van der Waals surface area (Å²) >= 11 is 1.51. The number of carboxylic acid groups (broad SMARTS) is 1. The average Bonchev–Trinajstić information content (AvgIpc) is 3.49. The number of carboxylic acids is 1. The molecule has 2 aliphatic heterocycles. The monoisotopic (exact) mass is 599 g/mol. The molecule has 0 amide bonds. The second-order valence-corrected chi connectivity index (χ2v) is 12.4. The van der Waals surface area contributed by atoms with Gasteiger partial charge in [-0.05, 0) is 68.4 Å². The normalized spacial score (nSPS) is 24.0. The van der Waals surface area contributed by atoms with Crippen LogP contribution in [0.4, 0.5) is 18.3 Å². The molecular weight excluding hydrogens is 571 g/mol. The molecule has 1 saturated carbocycles. The van der Waals surface area contributed by atoms with Crippen LogP contribution in [0.3, 0.4) is 0 Å². The van der Waals surface area contributed by atoms with E-state index in [2.05, 4.69) is 21.7 Å². The number of ether oxygens (including phenoxy) is 2. The molecule has 12 heteroatoms. The van der Waals surface area contributed by atoms with Crippen molar-refractivity contribution in [3.8, 4) is 17.0 Å². The second kappa shape index (κ2) is 10.3. The van der Waals surface area contributed by atoms with E-state index in [0.717, 1.165) is 47.5 Å². The van der Waals surface area contributed by atoms with Crippen molar-refractivity contribution >= 4 is 32.7 Å². The molecule has 3 aliphatic rings. The average molecular weight is 600 g/mol. The zero-order chi connectivity index (χ0) is 29.2. The van der Waals surface area contributed by atoms with Crippen molar-refractivity contribution in [1.29, 1.82) is 0 Å². The van der Waals surface area contributed by atoms with Crippen molar-refractivity contribution in [3.05, 3.63) is 59.4 Å². The lowest BCUT2D eigenvalue weighted by atomic mass is 9.97. The van der Waals surface area contributed by atoms with Gasteiger partial charge in [0.05, 0.1) is 28.5 Å². The highest BCUT2D eigenvalue weighted by molar-refractivity contribution is 7.22. The minimum Gasteiger partial charge on any atom is -0.478 e. The number of hydrogen-bond donors (Lipinski definition) is 1. The molecule has 8 nitrogen and oxygen atoms in total. The lowest BCUT2D eigenvalue weighted by Gasteiger charge is -2.39. The predicted molar refractivity (Wildman–Crippen MR) is 149 cm³/mol. The van der Waals surface area contributed by atoms with Crippen LogP contribution in [0.2, 0.25) is 0 Å². The van der Waals surface area contributed by atoms with Gasteiger partial charge in [0, 0.05) is 29.1 Å². The number of para-hydroxylation sites is 1. The zero-order valence-electron chi connectivity index (χ0n) is 22.6. The molecule has 1 N–H and O–H groups in total. The van der Waals surface area contributed by atoms with Crippen LogP contribution < -0.4 is 9.64 Å². The van der Waals surface area contributed by atoms with Gasteiger partial charge in [0.2, 0.25) is 0 Å². The van der Waals surface area contributed by atoms with Crippen molar-refractivity contribution in [2.45, 2.75) is 76.1 Å². The number of aromatic carboxylic acids is 1. The van der Waals surface area contributed by atoms with Gasteiger partial charge in [-0.3, -0.25) is 0 Å². The number of hydrogen-bond acceptors (Lipinski definition) is 8. The largest absolute Gasteiger partial charge is 0.573 e. The molecule has 2 aromatic carbocycles. The number of anilines is 1. The van der Waals surface area contributed by atoms with Gasteiger partial charge >= 0.3 is 12.3 Å². The minimum atomic E-state index is -4.83. The SMILES string of the molecule is C[C@@H]1CC2C[C@H](OCc3c(-c4ccccc4OC(F)(F)F)noc3C3CC3)CC1N2c1nc2ccc(C(=O)O)cc2s1. The first-order valence-electron chi connectivity index (χ1n) is 14.0. The highest BCUT2D eigenvalue weighted by Gasteiger charge is 2.47. The smallest absolute Gasteiger partial charge is 0.478 e. The third kappa shape index (κ3) is 5.11. The Bertz CT molecular complexity index is 1650. The van der Waals surface area contributed by atoms with E-state index in [-0.39, 0.29) is 47.6 Å². The molecule has 4 heterocycles. The van der Waals surface area contributed by atoms with Crippen LogP contribution in [-0.2, 0) is 11.3 Å². The Morgan fingerprint density at radius 1 is 1.17 bits per heavy atom. The third-order valence-electron chi connectivity index (χ3n) is 8.53. The Morgan fingerprint density at radius 3 is 2.71 bits per heavy atom. The van der Waals surface area contributed by atoms with Crippen molar-refractivity contribution < 1.29 is 37.1 Å². The number of rotatable bonds is 8. The topological polar surface area (TPSA) is 97.9 Å². The van der Waals surface area contributed by atoms with Crippen LogP contribution in [0, 0.1) is 5.92 Å². The van der Waals surface area contributed by atoms with Crippen LogP contribution in [0.1, 0.15) is 66.6 Å². The van der Waals surface area contributed by atoms with Crippen LogP contribution in [-0.4, -0.2) is 45.8 Å². The fourth-order valence-corrected chi connectivity index (χ4v) is 7.61. The summed E-state index contributed by atoms with van der Waals surface area (Å²) in [5.74, 6) is 0.00362. The summed E-state index contributed by atoms with van der Waals surface area (Å²) in [7, 11) is 0. The number of nitrogens with zero attached hydrogens (tertiary/aromatic N) is 3. The maximum absolute atomic E-state index is 13.1. The summed E-state index contributed by atoms with van der Waals surface area (Å²) in [6.45, 7) is 2.42. The fourth-order valence-electron chi connectivity index (χ4n) is 6.48. The van der Waals surface area contributed by atoms with Crippen molar-refractivity contribution in [1.82, 2.24) is 10.1 Å². The summed E-state index contributed by atoms with van der Waals surface area (Å²) in [6, 6.07) is 11.4. The van der Waals surface area contributed by atoms with E-state index in [9.17, 15) is 23.1 Å². The molecule has 4 atom stereocenters. The van der Waals surface area contributed by atoms with Gasteiger partial charge in [0.25, 0.3) is 0 Å². The Morgan fingerprint density at radius 2 is 1.98 bits per heavy atom. The Hall–Kier alpha value is -3.64. The molecule has 2 unspecified atom stereocenters. The molecule has 0 spiro atoms. The first kappa shape index (κ1) is 27.2. The summed E-state index contributed by atoms with van der Waals surface area (Å²) in [6.07, 6.45) is -0.440. The molecule has 1 aliphatic carbocycles. The molecule has 3 fully saturated rings. The molecule has 0 radical (unpaired) electrons. The van der Waals surface area contributed by atoms with Crippen LogP contribution in [0.15, 0.2) is 47.0 Å². The van der Waals surface area contributed by atoms with Crippen LogP contribution in [0.5, 0.6) is 5.75 Å². The first-order valence-corrected chi connectivity index (χ1v) is 14.8.